The van der Waals surface area contributed by atoms with Gasteiger partial charge in [-0.15, -0.1) is 0 Å². The number of carbonyl (C=O) groups is 1. The second kappa shape index (κ2) is 36.0. The van der Waals surface area contributed by atoms with Gasteiger partial charge in [-0.2, -0.15) is 0 Å². The highest BCUT2D eigenvalue weighted by atomic mass is 16.5. The van der Waals surface area contributed by atoms with Crippen LogP contribution in [0, 0.1) is 0 Å². The molecule has 0 aliphatic rings. The molecule has 0 aromatic heterocycles. The van der Waals surface area contributed by atoms with Gasteiger partial charge in [-0.25, -0.2) is 0 Å². The van der Waals surface area contributed by atoms with Crippen LogP contribution in [0.3, 0.4) is 0 Å². The number of aliphatic hydroxyl groups excluding tert-OH is 2. The van der Waals surface area contributed by atoms with Gasteiger partial charge in [0.1, 0.15) is 12.7 Å². The summed E-state index contributed by atoms with van der Waals surface area (Å²) in [7, 11) is 0. The fraction of sp³-hybridized carbons (Fsp3) is 0.966. The first-order valence-electron chi connectivity index (χ1n) is 14.5. The Labute approximate surface area is 208 Å². The van der Waals surface area contributed by atoms with Crippen LogP contribution in [0.25, 0.3) is 0 Å². The number of aliphatic hydroxyl groups is 2. The molecule has 0 rings (SSSR count). The SMILES string of the molecule is CCCCCC.CCCCCC.CCCCCCCCCCCCCC(=O)OCC(O)CO. The zero-order chi connectivity index (χ0) is 25.4. The van der Waals surface area contributed by atoms with E-state index in [0.717, 1.165) is 12.8 Å². The van der Waals surface area contributed by atoms with Gasteiger partial charge in [0.05, 0.1) is 6.61 Å². The van der Waals surface area contributed by atoms with Gasteiger partial charge in [0, 0.05) is 6.42 Å². The van der Waals surface area contributed by atoms with Crippen LogP contribution in [0.4, 0.5) is 0 Å². The minimum absolute atomic E-state index is 0.104. The van der Waals surface area contributed by atoms with E-state index in [-0.39, 0.29) is 19.2 Å². The van der Waals surface area contributed by atoms with Crippen LogP contribution in [0.1, 0.15) is 163 Å². The molecule has 202 valence electrons. The monoisotopic (exact) mass is 474 g/mol. The summed E-state index contributed by atoms with van der Waals surface area (Å²) >= 11 is 0. The van der Waals surface area contributed by atoms with Crippen molar-refractivity contribution in [2.45, 2.75) is 169 Å². The lowest BCUT2D eigenvalue weighted by molar-refractivity contribution is -0.147. The third-order valence-electron chi connectivity index (χ3n) is 5.55. The van der Waals surface area contributed by atoms with Crippen molar-refractivity contribution in [3.8, 4) is 0 Å². The molecule has 1 atom stereocenters. The van der Waals surface area contributed by atoms with E-state index in [0.29, 0.717) is 6.42 Å². The molecule has 1 unspecified atom stereocenters. The molecule has 0 aromatic rings. The Bertz CT molecular complexity index is 318. The van der Waals surface area contributed by atoms with Crippen LogP contribution in [0.5, 0.6) is 0 Å². The molecule has 0 spiro atoms. The van der Waals surface area contributed by atoms with Crippen LogP contribution in [-0.2, 0) is 9.53 Å². The summed E-state index contributed by atoms with van der Waals surface area (Å²) in [5.74, 6) is -0.279. The zero-order valence-electron chi connectivity index (χ0n) is 23.3. The summed E-state index contributed by atoms with van der Waals surface area (Å²) in [6.45, 7) is 10.7. The van der Waals surface area contributed by atoms with E-state index in [2.05, 4.69) is 34.6 Å². The van der Waals surface area contributed by atoms with Gasteiger partial charge in [-0.1, -0.05) is 150 Å². The van der Waals surface area contributed by atoms with E-state index >= 15 is 0 Å². The van der Waals surface area contributed by atoms with Crippen LogP contribution in [-0.4, -0.2) is 35.5 Å². The van der Waals surface area contributed by atoms with E-state index < -0.39 is 6.10 Å². The number of hydrogen-bond acceptors (Lipinski definition) is 4. The molecule has 0 saturated heterocycles. The van der Waals surface area contributed by atoms with Gasteiger partial charge in [0.25, 0.3) is 0 Å². The Morgan fingerprint density at radius 2 is 0.879 bits per heavy atom. The smallest absolute Gasteiger partial charge is 0.305 e. The maximum absolute atomic E-state index is 11.3. The summed E-state index contributed by atoms with van der Waals surface area (Å²) in [6, 6.07) is 0. The topological polar surface area (TPSA) is 66.8 Å². The van der Waals surface area contributed by atoms with Gasteiger partial charge in [-0.05, 0) is 6.42 Å². The summed E-state index contributed by atoms with van der Waals surface area (Å²) < 4.78 is 4.84. The fourth-order valence-corrected chi connectivity index (χ4v) is 3.25. The van der Waals surface area contributed by atoms with Crippen molar-refractivity contribution < 1.29 is 19.7 Å². The lowest BCUT2D eigenvalue weighted by Gasteiger charge is -2.08. The molecule has 0 amide bonds. The maximum Gasteiger partial charge on any atom is 0.305 e. The number of esters is 1. The standard InChI is InChI=1S/C17H34O4.2C6H14/c1-2-3-4-5-6-7-8-9-10-11-12-13-17(20)21-15-16(19)14-18;2*1-3-5-6-4-2/h16,18-19H,2-15H2,1H3;2*3-6H2,1-2H3. The summed E-state index contributed by atoms with van der Waals surface area (Å²) in [5, 5.41) is 17.6. The molecule has 0 aliphatic carbocycles. The molecule has 0 fully saturated rings. The first kappa shape index (κ1) is 36.9. The quantitative estimate of drug-likeness (QED) is 0.129. The molecular weight excluding hydrogens is 412 g/mol. The molecule has 33 heavy (non-hydrogen) atoms. The highest BCUT2D eigenvalue weighted by molar-refractivity contribution is 5.69. The average Bonchev–Trinajstić information content (AvgIpc) is 2.83. The summed E-state index contributed by atoms with van der Waals surface area (Å²) in [4.78, 5) is 11.3. The van der Waals surface area contributed by atoms with Crippen molar-refractivity contribution in [3.63, 3.8) is 0 Å². The second-order valence-electron chi connectivity index (χ2n) is 9.22. The molecule has 0 heterocycles. The molecule has 4 nitrogen and oxygen atoms in total. The molecule has 0 saturated carbocycles. The van der Waals surface area contributed by atoms with Crippen LogP contribution >= 0.6 is 0 Å². The van der Waals surface area contributed by atoms with Crippen LogP contribution in [0.2, 0.25) is 0 Å². The highest BCUT2D eigenvalue weighted by Gasteiger charge is 2.07. The lowest BCUT2D eigenvalue weighted by Crippen LogP contribution is -2.21. The molecule has 0 radical (unpaired) electrons. The highest BCUT2D eigenvalue weighted by Crippen LogP contribution is 2.12. The number of carbonyl (C=O) groups excluding carboxylic acids is 1. The minimum Gasteiger partial charge on any atom is -0.463 e. The largest absolute Gasteiger partial charge is 0.463 e. The predicted octanol–water partition coefficient (Wildman–Crippen LogP) is 8.76. The van der Waals surface area contributed by atoms with Crippen molar-refractivity contribution in [1.82, 2.24) is 0 Å². The van der Waals surface area contributed by atoms with E-state index in [1.165, 1.54) is 109 Å². The third-order valence-corrected chi connectivity index (χ3v) is 5.55. The second-order valence-corrected chi connectivity index (χ2v) is 9.22. The Kier molecular flexibility index (Phi) is 40.3. The Hall–Kier alpha value is -0.610. The van der Waals surface area contributed by atoms with E-state index in [4.69, 9.17) is 14.9 Å². The van der Waals surface area contributed by atoms with Crippen molar-refractivity contribution in [3.05, 3.63) is 0 Å². The summed E-state index contributed by atoms with van der Waals surface area (Å²) in [5.41, 5.74) is 0. The first-order valence-corrected chi connectivity index (χ1v) is 14.5. The first-order chi connectivity index (χ1) is 16.0. The van der Waals surface area contributed by atoms with E-state index in [1.54, 1.807) is 0 Å². The molecule has 0 bridgehead atoms. The van der Waals surface area contributed by atoms with Crippen molar-refractivity contribution in [2.24, 2.45) is 0 Å². The summed E-state index contributed by atoms with van der Waals surface area (Å²) in [6.07, 6.45) is 24.3. The van der Waals surface area contributed by atoms with Crippen molar-refractivity contribution in [2.75, 3.05) is 13.2 Å². The number of rotatable bonds is 21. The Morgan fingerprint density at radius 1 is 0.576 bits per heavy atom. The zero-order valence-corrected chi connectivity index (χ0v) is 23.3. The number of hydrogen-bond donors (Lipinski definition) is 2. The maximum atomic E-state index is 11.3. The van der Waals surface area contributed by atoms with Gasteiger partial charge >= 0.3 is 5.97 Å². The van der Waals surface area contributed by atoms with Crippen LogP contribution in [0.15, 0.2) is 0 Å². The normalized spacial score (nSPS) is 11.1. The van der Waals surface area contributed by atoms with E-state index in [1.807, 2.05) is 0 Å². The number of ether oxygens (including phenoxy) is 1. The van der Waals surface area contributed by atoms with E-state index in [9.17, 15) is 4.79 Å². The average molecular weight is 475 g/mol. The van der Waals surface area contributed by atoms with Crippen molar-refractivity contribution in [1.29, 1.82) is 0 Å². The predicted molar refractivity (Wildman–Crippen MR) is 145 cm³/mol. The molecule has 4 heteroatoms. The molecule has 0 aliphatic heterocycles. The van der Waals surface area contributed by atoms with Gasteiger partial charge in [-0.3, -0.25) is 4.79 Å². The van der Waals surface area contributed by atoms with Crippen LogP contribution < -0.4 is 0 Å². The van der Waals surface area contributed by atoms with Gasteiger partial charge in [0.15, 0.2) is 0 Å². The van der Waals surface area contributed by atoms with Gasteiger partial charge < -0.3 is 14.9 Å². The van der Waals surface area contributed by atoms with Gasteiger partial charge in [0.2, 0.25) is 0 Å². The lowest BCUT2D eigenvalue weighted by atomic mass is 10.1. The Balaban J connectivity index is -0.000000611. The molecular formula is C29H62O4. The Morgan fingerprint density at radius 3 is 1.21 bits per heavy atom. The minimum atomic E-state index is -0.953. The molecule has 2 N–H and O–H groups in total. The number of unbranched alkanes of at least 4 members (excludes halogenated alkanes) is 16. The third kappa shape index (κ3) is 42.1. The molecule has 0 aromatic carbocycles. The van der Waals surface area contributed by atoms with Crippen molar-refractivity contribution >= 4 is 5.97 Å². The fourth-order valence-electron chi connectivity index (χ4n) is 3.25.